The van der Waals surface area contributed by atoms with Crippen LogP contribution < -0.4 is 14.2 Å². The van der Waals surface area contributed by atoms with Crippen molar-refractivity contribution in [1.82, 2.24) is 0 Å². The third kappa shape index (κ3) is 5.02. The van der Waals surface area contributed by atoms with Crippen LogP contribution in [0.2, 0.25) is 0 Å². The Morgan fingerprint density at radius 3 is 2.31 bits per heavy atom. The molecule has 2 rings (SSSR count). The average molecular weight is 356 g/mol. The fourth-order valence-corrected chi connectivity index (χ4v) is 2.41. The summed E-state index contributed by atoms with van der Waals surface area (Å²) in [5, 5.41) is 9.75. The van der Waals surface area contributed by atoms with Crippen LogP contribution in [0.5, 0.6) is 23.0 Å². The lowest BCUT2D eigenvalue weighted by Gasteiger charge is -2.10. The molecule has 2 aromatic carbocycles. The standard InChI is InChI=1S/C21H24O5/c1-4-24-16-9-12-20(25-5-2)17(14-16)18(22)10-7-15-8-11-19(23)21(13-15)26-6-3/h7-14,23H,4-6H2,1-3H3/b10-7+. The number of rotatable bonds is 9. The summed E-state index contributed by atoms with van der Waals surface area (Å²) in [7, 11) is 0. The van der Waals surface area contributed by atoms with Crippen LogP contribution in [0.25, 0.3) is 6.08 Å². The number of hydrogen-bond donors (Lipinski definition) is 1. The smallest absolute Gasteiger partial charge is 0.189 e. The molecular formula is C21H24O5. The van der Waals surface area contributed by atoms with Crippen LogP contribution in [-0.2, 0) is 0 Å². The van der Waals surface area contributed by atoms with Gasteiger partial charge in [-0.15, -0.1) is 0 Å². The van der Waals surface area contributed by atoms with Gasteiger partial charge < -0.3 is 19.3 Å². The molecule has 0 aliphatic rings. The molecule has 0 fully saturated rings. The van der Waals surface area contributed by atoms with E-state index in [2.05, 4.69) is 0 Å². The van der Waals surface area contributed by atoms with E-state index in [0.717, 1.165) is 5.56 Å². The number of hydrogen-bond acceptors (Lipinski definition) is 5. The van der Waals surface area contributed by atoms with E-state index in [1.54, 1.807) is 36.4 Å². The van der Waals surface area contributed by atoms with Crippen molar-refractivity contribution in [3.63, 3.8) is 0 Å². The number of carbonyl (C=O) groups excluding carboxylic acids is 1. The van der Waals surface area contributed by atoms with Crippen molar-refractivity contribution in [1.29, 1.82) is 0 Å². The number of phenols is 1. The molecule has 0 atom stereocenters. The molecular weight excluding hydrogens is 332 g/mol. The topological polar surface area (TPSA) is 65.0 Å². The largest absolute Gasteiger partial charge is 0.504 e. The van der Waals surface area contributed by atoms with E-state index in [4.69, 9.17) is 14.2 Å². The molecule has 0 amide bonds. The van der Waals surface area contributed by atoms with Crippen LogP contribution in [0.15, 0.2) is 42.5 Å². The molecule has 0 aromatic heterocycles. The fraction of sp³-hybridized carbons (Fsp3) is 0.286. The molecule has 5 nitrogen and oxygen atoms in total. The van der Waals surface area contributed by atoms with Gasteiger partial charge in [-0.3, -0.25) is 4.79 Å². The number of phenolic OH excluding ortho intramolecular Hbond substituents is 1. The Morgan fingerprint density at radius 2 is 1.62 bits per heavy atom. The lowest BCUT2D eigenvalue weighted by Crippen LogP contribution is -2.03. The van der Waals surface area contributed by atoms with Gasteiger partial charge in [-0.2, -0.15) is 0 Å². The van der Waals surface area contributed by atoms with Crippen molar-refractivity contribution in [2.75, 3.05) is 19.8 Å². The van der Waals surface area contributed by atoms with Crippen LogP contribution in [-0.4, -0.2) is 30.7 Å². The van der Waals surface area contributed by atoms with Crippen molar-refractivity contribution in [2.24, 2.45) is 0 Å². The molecule has 0 aliphatic heterocycles. The number of carbonyl (C=O) groups is 1. The van der Waals surface area contributed by atoms with E-state index >= 15 is 0 Å². The van der Waals surface area contributed by atoms with Crippen molar-refractivity contribution < 1.29 is 24.1 Å². The molecule has 0 radical (unpaired) electrons. The van der Waals surface area contributed by atoms with Crippen LogP contribution in [0.3, 0.4) is 0 Å². The molecule has 138 valence electrons. The zero-order valence-corrected chi connectivity index (χ0v) is 15.3. The van der Waals surface area contributed by atoms with E-state index in [1.807, 2.05) is 20.8 Å². The highest BCUT2D eigenvalue weighted by atomic mass is 16.5. The Labute approximate surface area is 153 Å². The van der Waals surface area contributed by atoms with E-state index in [1.165, 1.54) is 12.1 Å². The zero-order valence-electron chi connectivity index (χ0n) is 15.3. The minimum absolute atomic E-state index is 0.0679. The molecule has 0 unspecified atom stereocenters. The van der Waals surface area contributed by atoms with E-state index in [-0.39, 0.29) is 11.5 Å². The van der Waals surface area contributed by atoms with Gasteiger partial charge in [-0.05, 0) is 62.7 Å². The molecule has 2 aromatic rings. The summed E-state index contributed by atoms with van der Waals surface area (Å²) in [6.07, 6.45) is 3.14. The molecule has 0 spiro atoms. The summed E-state index contributed by atoms with van der Waals surface area (Å²) in [4.78, 5) is 12.6. The Kier molecular flexibility index (Phi) is 7.09. The lowest BCUT2D eigenvalue weighted by atomic mass is 10.1. The SMILES string of the molecule is CCOc1ccc(OCC)c(C(=O)/C=C/c2ccc(O)c(OCC)c2)c1. The lowest BCUT2D eigenvalue weighted by molar-refractivity contribution is 0.104. The second kappa shape index (κ2) is 9.51. The van der Waals surface area contributed by atoms with E-state index < -0.39 is 0 Å². The zero-order chi connectivity index (χ0) is 18.9. The number of ether oxygens (including phenoxy) is 3. The van der Waals surface area contributed by atoms with Gasteiger partial charge in [0.25, 0.3) is 0 Å². The van der Waals surface area contributed by atoms with Gasteiger partial charge in [0.05, 0.1) is 25.4 Å². The van der Waals surface area contributed by atoms with Gasteiger partial charge in [0.15, 0.2) is 17.3 Å². The van der Waals surface area contributed by atoms with Gasteiger partial charge in [-0.1, -0.05) is 12.1 Å². The van der Waals surface area contributed by atoms with Gasteiger partial charge in [0.1, 0.15) is 11.5 Å². The normalized spacial score (nSPS) is 10.7. The first-order chi connectivity index (χ1) is 12.6. The molecule has 1 N–H and O–H groups in total. The van der Waals surface area contributed by atoms with Gasteiger partial charge in [-0.25, -0.2) is 0 Å². The summed E-state index contributed by atoms with van der Waals surface area (Å²) in [5.74, 6) is 1.40. The monoisotopic (exact) mass is 356 g/mol. The molecule has 26 heavy (non-hydrogen) atoms. The third-order valence-corrected chi connectivity index (χ3v) is 3.54. The maximum atomic E-state index is 12.6. The minimum Gasteiger partial charge on any atom is -0.504 e. The molecule has 0 saturated carbocycles. The summed E-state index contributed by atoms with van der Waals surface area (Å²) >= 11 is 0. The predicted octanol–water partition coefficient (Wildman–Crippen LogP) is 4.48. The van der Waals surface area contributed by atoms with Crippen molar-refractivity contribution in [3.05, 3.63) is 53.6 Å². The number of benzene rings is 2. The van der Waals surface area contributed by atoms with Crippen molar-refractivity contribution >= 4 is 11.9 Å². The summed E-state index contributed by atoms with van der Waals surface area (Å²) < 4.78 is 16.4. The highest BCUT2D eigenvalue weighted by Crippen LogP contribution is 2.28. The van der Waals surface area contributed by atoms with Crippen LogP contribution in [0, 0.1) is 0 Å². The Hall–Kier alpha value is -2.95. The predicted molar refractivity (Wildman–Crippen MR) is 101 cm³/mol. The first kappa shape index (κ1) is 19.4. The molecule has 0 heterocycles. The van der Waals surface area contributed by atoms with Gasteiger partial charge >= 0.3 is 0 Å². The van der Waals surface area contributed by atoms with Crippen LogP contribution >= 0.6 is 0 Å². The van der Waals surface area contributed by atoms with E-state index in [9.17, 15) is 9.90 Å². The fourth-order valence-electron chi connectivity index (χ4n) is 2.41. The van der Waals surface area contributed by atoms with E-state index in [0.29, 0.717) is 42.6 Å². The van der Waals surface area contributed by atoms with Gasteiger partial charge in [0.2, 0.25) is 0 Å². The molecule has 0 bridgehead atoms. The second-order valence-electron chi connectivity index (χ2n) is 5.38. The molecule has 5 heteroatoms. The van der Waals surface area contributed by atoms with Crippen molar-refractivity contribution in [2.45, 2.75) is 20.8 Å². The number of ketones is 1. The minimum atomic E-state index is -0.193. The molecule has 0 saturated heterocycles. The maximum absolute atomic E-state index is 12.6. The first-order valence-corrected chi connectivity index (χ1v) is 8.66. The highest BCUT2D eigenvalue weighted by Gasteiger charge is 2.12. The highest BCUT2D eigenvalue weighted by molar-refractivity contribution is 6.08. The first-order valence-electron chi connectivity index (χ1n) is 8.66. The third-order valence-electron chi connectivity index (χ3n) is 3.54. The Bertz CT molecular complexity index is 780. The average Bonchev–Trinajstić information content (AvgIpc) is 2.64. The Balaban J connectivity index is 2.26. The number of allylic oxidation sites excluding steroid dienone is 1. The summed E-state index contributed by atoms with van der Waals surface area (Å²) in [6, 6.07) is 10.1. The van der Waals surface area contributed by atoms with Gasteiger partial charge in [0, 0.05) is 0 Å². The summed E-state index contributed by atoms with van der Waals surface area (Å²) in [5.41, 5.74) is 1.19. The summed E-state index contributed by atoms with van der Waals surface area (Å²) in [6.45, 7) is 7.03. The van der Waals surface area contributed by atoms with Crippen molar-refractivity contribution in [3.8, 4) is 23.0 Å². The Morgan fingerprint density at radius 1 is 0.923 bits per heavy atom. The van der Waals surface area contributed by atoms with Crippen LogP contribution in [0.1, 0.15) is 36.7 Å². The second-order valence-corrected chi connectivity index (χ2v) is 5.38. The maximum Gasteiger partial charge on any atom is 0.189 e. The van der Waals surface area contributed by atoms with Crippen LogP contribution in [0.4, 0.5) is 0 Å². The molecule has 0 aliphatic carbocycles. The quantitative estimate of drug-likeness (QED) is 0.530. The number of aromatic hydroxyl groups is 1.